The highest BCUT2D eigenvalue weighted by molar-refractivity contribution is 5.25. The third-order valence-electron chi connectivity index (χ3n) is 3.70. The molecule has 0 bridgehead atoms. The zero-order valence-corrected chi connectivity index (χ0v) is 11.4. The van der Waals surface area contributed by atoms with Crippen molar-refractivity contribution >= 4 is 0 Å². The maximum Gasteiger partial charge on any atom is 0.115 e. The average Bonchev–Trinajstić information content (AvgIpc) is 2.49. The van der Waals surface area contributed by atoms with Crippen LogP contribution < -0.4 is 0 Å². The first kappa shape index (κ1) is 13.7. The predicted molar refractivity (Wildman–Crippen MR) is 75.6 cm³/mol. The standard InChI is InChI=1S/C16H20N2O/c1-3-12(2)15(13-7-5-4-6-8-13)16(19)14-9-17-11-18-10-14/h4-12,15-16,19H,3H2,1-2H3. The fourth-order valence-electron chi connectivity index (χ4n) is 2.42. The lowest BCUT2D eigenvalue weighted by molar-refractivity contribution is 0.117. The Morgan fingerprint density at radius 3 is 2.26 bits per heavy atom. The number of nitrogens with zero attached hydrogens (tertiary/aromatic N) is 2. The molecule has 0 aliphatic carbocycles. The lowest BCUT2D eigenvalue weighted by atomic mass is 9.80. The summed E-state index contributed by atoms with van der Waals surface area (Å²) in [6.45, 7) is 4.32. The summed E-state index contributed by atoms with van der Waals surface area (Å²) in [5, 5.41) is 10.7. The number of benzene rings is 1. The zero-order chi connectivity index (χ0) is 13.7. The van der Waals surface area contributed by atoms with Crippen molar-refractivity contribution in [3.63, 3.8) is 0 Å². The smallest absolute Gasteiger partial charge is 0.115 e. The Balaban J connectivity index is 2.34. The number of hydrogen-bond acceptors (Lipinski definition) is 3. The normalized spacial score (nSPS) is 15.7. The fourth-order valence-corrected chi connectivity index (χ4v) is 2.42. The van der Waals surface area contributed by atoms with Gasteiger partial charge in [0.15, 0.2) is 0 Å². The zero-order valence-electron chi connectivity index (χ0n) is 11.4. The number of rotatable bonds is 5. The molecule has 2 rings (SSSR count). The van der Waals surface area contributed by atoms with Crippen molar-refractivity contribution in [3.05, 3.63) is 60.2 Å². The van der Waals surface area contributed by atoms with Crippen LogP contribution in [-0.4, -0.2) is 15.1 Å². The summed E-state index contributed by atoms with van der Waals surface area (Å²) < 4.78 is 0. The summed E-state index contributed by atoms with van der Waals surface area (Å²) in [5.74, 6) is 0.454. The van der Waals surface area contributed by atoms with E-state index in [-0.39, 0.29) is 5.92 Å². The summed E-state index contributed by atoms with van der Waals surface area (Å²) in [5.41, 5.74) is 1.94. The SMILES string of the molecule is CCC(C)C(c1ccccc1)C(O)c1cncnc1. The second-order valence-electron chi connectivity index (χ2n) is 4.94. The molecule has 19 heavy (non-hydrogen) atoms. The lowest BCUT2D eigenvalue weighted by Crippen LogP contribution is -2.18. The molecule has 100 valence electrons. The van der Waals surface area contributed by atoms with Crippen LogP contribution in [0.2, 0.25) is 0 Å². The van der Waals surface area contributed by atoms with Gasteiger partial charge < -0.3 is 5.11 Å². The molecule has 3 nitrogen and oxygen atoms in total. The Kier molecular flexibility index (Phi) is 4.63. The maximum absolute atomic E-state index is 10.7. The van der Waals surface area contributed by atoms with Crippen molar-refractivity contribution in [2.24, 2.45) is 5.92 Å². The van der Waals surface area contributed by atoms with Gasteiger partial charge in [0.2, 0.25) is 0 Å². The fraction of sp³-hybridized carbons (Fsp3) is 0.375. The summed E-state index contributed by atoms with van der Waals surface area (Å²) >= 11 is 0. The topological polar surface area (TPSA) is 46.0 Å². The van der Waals surface area contributed by atoms with Gasteiger partial charge in [0.1, 0.15) is 6.33 Å². The minimum Gasteiger partial charge on any atom is -0.388 e. The van der Waals surface area contributed by atoms with Gasteiger partial charge >= 0.3 is 0 Å². The molecule has 1 heterocycles. The highest BCUT2D eigenvalue weighted by Gasteiger charge is 2.27. The van der Waals surface area contributed by atoms with Crippen molar-refractivity contribution in [1.82, 2.24) is 9.97 Å². The van der Waals surface area contributed by atoms with Gasteiger partial charge in [-0.05, 0) is 11.5 Å². The minimum atomic E-state index is -0.571. The molecule has 0 saturated carbocycles. The first-order valence-electron chi connectivity index (χ1n) is 6.72. The summed E-state index contributed by atoms with van der Waals surface area (Å²) in [7, 11) is 0. The molecule has 1 aromatic carbocycles. The van der Waals surface area contributed by atoms with E-state index in [1.807, 2.05) is 18.2 Å². The van der Waals surface area contributed by atoms with Gasteiger partial charge in [-0.25, -0.2) is 9.97 Å². The molecule has 0 aliphatic heterocycles. The molecule has 1 N–H and O–H groups in total. The van der Waals surface area contributed by atoms with E-state index in [0.29, 0.717) is 5.92 Å². The Hall–Kier alpha value is -1.74. The predicted octanol–water partition coefficient (Wildman–Crippen LogP) is 3.34. The van der Waals surface area contributed by atoms with Crippen LogP contribution >= 0.6 is 0 Å². The van der Waals surface area contributed by atoms with Crippen molar-refractivity contribution in [1.29, 1.82) is 0 Å². The van der Waals surface area contributed by atoms with Gasteiger partial charge in [-0.15, -0.1) is 0 Å². The Morgan fingerprint density at radius 2 is 1.68 bits per heavy atom. The van der Waals surface area contributed by atoms with Crippen molar-refractivity contribution in [3.8, 4) is 0 Å². The molecule has 0 fully saturated rings. The monoisotopic (exact) mass is 256 g/mol. The van der Waals surface area contributed by atoms with Gasteiger partial charge in [0.25, 0.3) is 0 Å². The van der Waals surface area contributed by atoms with Gasteiger partial charge in [0.05, 0.1) is 6.10 Å². The third-order valence-corrected chi connectivity index (χ3v) is 3.70. The summed E-state index contributed by atoms with van der Waals surface area (Å²) in [6.07, 6.45) is 5.31. The second kappa shape index (κ2) is 6.43. The summed E-state index contributed by atoms with van der Waals surface area (Å²) in [6, 6.07) is 10.2. The maximum atomic E-state index is 10.7. The van der Waals surface area contributed by atoms with Crippen LogP contribution in [0.25, 0.3) is 0 Å². The number of aliphatic hydroxyl groups is 1. The van der Waals surface area contributed by atoms with E-state index in [1.54, 1.807) is 12.4 Å². The van der Waals surface area contributed by atoms with Gasteiger partial charge in [-0.1, -0.05) is 50.6 Å². The Labute approximate surface area is 114 Å². The van der Waals surface area contributed by atoms with Crippen molar-refractivity contribution < 1.29 is 5.11 Å². The number of aromatic nitrogens is 2. The lowest BCUT2D eigenvalue weighted by Gasteiger charge is -2.28. The Morgan fingerprint density at radius 1 is 1.05 bits per heavy atom. The molecule has 3 heteroatoms. The molecule has 0 saturated heterocycles. The van der Waals surface area contributed by atoms with Crippen LogP contribution in [0.4, 0.5) is 0 Å². The first-order chi connectivity index (χ1) is 9.24. The average molecular weight is 256 g/mol. The van der Waals surface area contributed by atoms with Crippen molar-refractivity contribution in [2.75, 3.05) is 0 Å². The molecular weight excluding hydrogens is 236 g/mol. The largest absolute Gasteiger partial charge is 0.388 e. The number of hydrogen-bond donors (Lipinski definition) is 1. The molecule has 1 aromatic heterocycles. The van der Waals surface area contributed by atoms with Gasteiger partial charge in [0, 0.05) is 23.9 Å². The van der Waals surface area contributed by atoms with Crippen LogP contribution in [0.3, 0.4) is 0 Å². The molecular formula is C16H20N2O. The quantitative estimate of drug-likeness (QED) is 0.892. The number of aliphatic hydroxyl groups excluding tert-OH is 1. The van der Waals surface area contributed by atoms with E-state index in [2.05, 4.69) is 35.9 Å². The van der Waals surface area contributed by atoms with Crippen LogP contribution in [0.15, 0.2) is 49.1 Å². The summed E-state index contributed by atoms with van der Waals surface area (Å²) in [4.78, 5) is 7.99. The van der Waals surface area contributed by atoms with Crippen LogP contribution in [0, 0.1) is 5.92 Å². The Bertz CT molecular complexity index is 487. The highest BCUT2D eigenvalue weighted by atomic mass is 16.3. The molecule has 0 radical (unpaired) electrons. The van der Waals surface area contributed by atoms with E-state index in [4.69, 9.17) is 0 Å². The molecule has 0 amide bonds. The van der Waals surface area contributed by atoms with Crippen LogP contribution in [0.5, 0.6) is 0 Å². The first-order valence-corrected chi connectivity index (χ1v) is 6.72. The molecule has 2 aromatic rings. The minimum absolute atomic E-state index is 0.0669. The van der Waals surface area contributed by atoms with Gasteiger partial charge in [-0.2, -0.15) is 0 Å². The van der Waals surface area contributed by atoms with Crippen LogP contribution in [-0.2, 0) is 0 Å². The van der Waals surface area contributed by atoms with Crippen LogP contribution in [0.1, 0.15) is 43.4 Å². The van der Waals surface area contributed by atoms with E-state index in [9.17, 15) is 5.11 Å². The van der Waals surface area contributed by atoms with Crippen molar-refractivity contribution in [2.45, 2.75) is 32.3 Å². The molecule has 3 unspecified atom stereocenters. The van der Waals surface area contributed by atoms with E-state index < -0.39 is 6.10 Å². The second-order valence-corrected chi connectivity index (χ2v) is 4.94. The molecule has 3 atom stereocenters. The molecule has 0 aliphatic rings. The van der Waals surface area contributed by atoms with E-state index in [0.717, 1.165) is 17.5 Å². The molecule has 0 spiro atoms. The highest BCUT2D eigenvalue weighted by Crippen LogP contribution is 2.37. The van der Waals surface area contributed by atoms with E-state index >= 15 is 0 Å². The van der Waals surface area contributed by atoms with Gasteiger partial charge in [-0.3, -0.25) is 0 Å². The third kappa shape index (κ3) is 3.18. The van der Waals surface area contributed by atoms with E-state index in [1.165, 1.54) is 6.33 Å².